The number of nitrogens with one attached hydrogen (secondary N) is 1. The van der Waals surface area contributed by atoms with Crippen molar-refractivity contribution in [1.29, 1.82) is 0 Å². The molecule has 0 saturated carbocycles. The Bertz CT molecular complexity index is 841. The maximum absolute atomic E-state index is 12.8. The molecule has 0 aliphatic rings. The summed E-state index contributed by atoms with van der Waals surface area (Å²) >= 11 is 0. The Morgan fingerprint density at radius 1 is 1.31 bits per heavy atom. The number of rotatable bonds is 8. The molecular formula is C18H24N4O3S. The van der Waals surface area contributed by atoms with Crippen molar-refractivity contribution < 1.29 is 13.2 Å². The minimum atomic E-state index is -3.74. The third-order valence-electron chi connectivity index (χ3n) is 4.11. The van der Waals surface area contributed by atoms with E-state index in [1.807, 2.05) is 6.92 Å². The van der Waals surface area contributed by atoms with Gasteiger partial charge < -0.3 is 5.32 Å². The molecule has 140 valence electrons. The Hall–Kier alpha value is -2.32. The van der Waals surface area contributed by atoms with Gasteiger partial charge in [0.25, 0.3) is 5.91 Å². The van der Waals surface area contributed by atoms with Gasteiger partial charge in [0.1, 0.15) is 0 Å². The van der Waals surface area contributed by atoms with Gasteiger partial charge in [0, 0.05) is 37.7 Å². The van der Waals surface area contributed by atoms with Crippen LogP contribution in [0.5, 0.6) is 0 Å². The minimum Gasteiger partial charge on any atom is -0.352 e. The van der Waals surface area contributed by atoms with Crippen molar-refractivity contribution in [2.45, 2.75) is 31.7 Å². The molecule has 0 bridgehead atoms. The van der Waals surface area contributed by atoms with Crippen LogP contribution in [0.15, 0.2) is 47.8 Å². The number of hydrogen-bond acceptors (Lipinski definition) is 5. The van der Waals surface area contributed by atoms with Crippen LogP contribution >= 0.6 is 0 Å². The molecule has 1 amide bonds. The van der Waals surface area contributed by atoms with Gasteiger partial charge in [0.05, 0.1) is 17.1 Å². The van der Waals surface area contributed by atoms with E-state index in [0.717, 1.165) is 6.42 Å². The summed E-state index contributed by atoms with van der Waals surface area (Å²) in [5.74, 6) is 0.0860. The molecule has 1 N–H and O–H groups in total. The molecule has 1 aromatic heterocycles. The molecule has 0 unspecified atom stereocenters. The van der Waals surface area contributed by atoms with Gasteiger partial charge in [-0.05, 0) is 24.1 Å². The molecule has 26 heavy (non-hydrogen) atoms. The summed E-state index contributed by atoms with van der Waals surface area (Å²) in [4.78, 5) is 20.4. The highest BCUT2D eigenvalue weighted by molar-refractivity contribution is 7.89. The highest BCUT2D eigenvalue weighted by Gasteiger charge is 2.22. The number of hydrogen-bond donors (Lipinski definition) is 1. The summed E-state index contributed by atoms with van der Waals surface area (Å²) in [7, 11) is -2.27. The fourth-order valence-electron chi connectivity index (χ4n) is 2.22. The van der Waals surface area contributed by atoms with Crippen LogP contribution in [0.25, 0.3) is 0 Å². The Balaban J connectivity index is 2.15. The largest absolute Gasteiger partial charge is 0.352 e. The molecule has 1 heterocycles. The number of carbonyl (C=O) groups is 1. The minimum absolute atomic E-state index is 0.0695. The number of amides is 1. The van der Waals surface area contributed by atoms with E-state index >= 15 is 0 Å². The van der Waals surface area contributed by atoms with E-state index in [1.54, 1.807) is 12.1 Å². The summed E-state index contributed by atoms with van der Waals surface area (Å²) < 4.78 is 26.7. The van der Waals surface area contributed by atoms with Gasteiger partial charge in [0.15, 0.2) is 0 Å². The van der Waals surface area contributed by atoms with Crippen LogP contribution in [0.1, 0.15) is 36.3 Å². The molecule has 7 nitrogen and oxygen atoms in total. The molecule has 0 aliphatic carbocycles. The molecule has 2 rings (SSSR count). The van der Waals surface area contributed by atoms with Crippen LogP contribution in [0.4, 0.5) is 0 Å². The molecule has 0 spiro atoms. The van der Waals surface area contributed by atoms with Crippen molar-refractivity contribution in [3.05, 3.63) is 54.1 Å². The van der Waals surface area contributed by atoms with E-state index in [4.69, 9.17) is 0 Å². The normalized spacial score (nSPS) is 12.8. The van der Waals surface area contributed by atoms with Crippen molar-refractivity contribution in [3.63, 3.8) is 0 Å². The first-order valence-electron chi connectivity index (χ1n) is 8.44. The summed E-state index contributed by atoms with van der Waals surface area (Å²) in [6.07, 6.45) is 5.52. The highest BCUT2D eigenvalue weighted by atomic mass is 32.2. The second kappa shape index (κ2) is 8.86. The number of aromatic nitrogens is 2. The Labute approximate surface area is 154 Å². The van der Waals surface area contributed by atoms with Crippen LogP contribution in [0, 0.1) is 5.92 Å². The lowest BCUT2D eigenvalue weighted by Crippen LogP contribution is -2.29. The van der Waals surface area contributed by atoms with Gasteiger partial charge in [-0.2, -0.15) is 4.31 Å². The zero-order chi connectivity index (χ0) is 19.2. The summed E-state index contributed by atoms with van der Waals surface area (Å²) in [6.45, 7) is 4.75. The number of nitrogens with zero attached hydrogens (tertiary/aromatic N) is 3. The third kappa shape index (κ3) is 5.09. The lowest BCUT2D eigenvalue weighted by Gasteiger charge is -2.17. The third-order valence-corrected chi connectivity index (χ3v) is 5.91. The number of carbonyl (C=O) groups excluding carboxylic acids is 1. The van der Waals surface area contributed by atoms with Crippen LogP contribution < -0.4 is 5.32 Å². The molecular weight excluding hydrogens is 352 g/mol. The predicted molar refractivity (Wildman–Crippen MR) is 98.9 cm³/mol. The number of benzene rings is 1. The molecule has 0 radical (unpaired) electrons. The number of sulfonamides is 1. The average molecular weight is 376 g/mol. The maximum atomic E-state index is 12.8. The summed E-state index contributed by atoms with van der Waals surface area (Å²) in [5.41, 5.74) is 0.864. The average Bonchev–Trinajstić information content (AvgIpc) is 2.66. The van der Waals surface area contributed by atoms with Gasteiger partial charge in [-0.3, -0.25) is 14.8 Å². The molecule has 0 fully saturated rings. The fraction of sp³-hybridized carbons (Fsp3) is 0.389. The fourth-order valence-corrected chi connectivity index (χ4v) is 3.40. The Kier molecular flexibility index (Phi) is 6.82. The van der Waals surface area contributed by atoms with Gasteiger partial charge >= 0.3 is 0 Å². The highest BCUT2D eigenvalue weighted by Crippen LogP contribution is 2.17. The quantitative estimate of drug-likeness (QED) is 0.761. The predicted octanol–water partition coefficient (Wildman–Crippen LogP) is 2.07. The second-order valence-corrected chi connectivity index (χ2v) is 8.25. The first kappa shape index (κ1) is 20.0. The van der Waals surface area contributed by atoms with Crippen molar-refractivity contribution in [2.75, 3.05) is 13.6 Å². The SMILES string of the molecule is CC[C@@H](C)CNC(=O)c1cccc(S(=O)(=O)N(C)Cc2cnccn2)c1. The molecule has 2 aromatic rings. The van der Waals surface area contributed by atoms with Gasteiger partial charge in [-0.1, -0.05) is 26.3 Å². The molecule has 0 saturated heterocycles. The van der Waals surface area contributed by atoms with E-state index in [-0.39, 0.29) is 17.3 Å². The van der Waals surface area contributed by atoms with Crippen LogP contribution in [-0.4, -0.2) is 42.2 Å². The topological polar surface area (TPSA) is 92.3 Å². The van der Waals surface area contributed by atoms with E-state index < -0.39 is 10.0 Å². The summed E-state index contributed by atoms with van der Waals surface area (Å²) in [5, 5.41) is 2.83. The van der Waals surface area contributed by atoms with Crippen molar-refractivity contribution in [3.8, 4) is 0 Å². The molecule has 8 heteroatoms. The molecule has 1 aromatic carbocycles. The van der Waals surface area contributed by atoms with Gasteiger partial charge in [-0.15, -0.1) is 0 Å². The van der Waals surface area contributed by atoms with Crippen LogP contribution in [-0.2, 0) is 16.6 Å². The standard InChI is InChI=1S/C18H24N4O3S/c1-4-14(2)11-21-18(23)15-6-5-7-17(10-15)26(24,25)22(3)13-16-12-19-8-9-20-16/h5-10,12,14H,4,11,13H2,1-3H3,(H,21,23)/t14-/m1/s1. The first-order valence-corrected chi connectivity index (χ1v) is 9.88. The first-order chi connectivity index (χ1) is 12.3. The van der Waals surface area contributed by atoms with Gasteiger partial charge in [0.2, 0.25) is 10.0 Å². The molecule has 0 aliphatic heterocycles. The lowest BCUT2D eigenvalue weighted by atomic mass is 10.1. The van der Waals surface area contributed by atoms with E-state index in [0.29, 0.717) is 23.7 Å². The van der Waals surface area contributed by atoms with Crippen molar-refractivity contribution in [2.24, 2.45) is 5.92 Å². The Morgan fingerprint density at radius 3 is 2.73 bits per heavy atom. The van der Waals surface area contributed by atoms with E-state index in [2.05, 4.69) is 22.2 Å². The zero-order valence-corrected chi connectivity index (χ0v) is 16.0. The maximum Gasteiger partial charge on any atom is 0.251 e. The van der Waals surface area contributed by atoms with Crippen molar-refractivity contribution in [1.82, 2.24) is 19.6 Å². The van der Waals surface area contributed by atoms with Crippen LogP contribution in [0.3, 0.4) is 0 Å². The molecule has 1 atom stereocenters. The zero-order valence-electron chi connectivity index (χ0n) is 15.2. The second-order valence-electron chi connectivity index (χ2n) is 6.21. The monoisotopic (exact) mass is 376 g/mol. The smallest absolute Gasteiger partial charge is 0.251 e. The van der Waals surface area contributed by atoms with E-state index in [1.165, 1.54) is 42.1 Å². The van der Waals surface area contributed by atoms with E-state index in [9.17, 15) is 13.2 Å². The summed E-state index contributed by atoms with van der Waals surface area (Å²) in [6, 6.07) is 6.05. The van der Waals surface area contributed by atoms with Crippen LogP contribution in [0.2, 0.25) is 0 Å². The lowest BCUT2D eigenvalue weighted by molar-refractivity contribution is 0.0947. The van der Waals surface area contributed by atoms with Crippen molar-refractivity contribution >= 4 is 15.9 Å². The Morgan fingerprint density at radius 2 is 2.08 bits per heavy atom. The van der Waals surface area contributed by atoms with Gasteiger partial charge in [-0.25, -0.2) is 8.42 Å².